The van der Waals surface area contributed by atoms with Gasteiger partial charge >= 0.3 is 7.12 Å². The van der Waals surface area contributed by atoms with Gasteiger partial charge in [-0.25, -0.2) is 4.90 Å². The molecule has 0 unspecified atom stereocenters. The third-order valence-electron chi connectivity index (χ3n) is 9.88. The fourth-order valence-electron chi connectivity index (χ4n) is 7.77. The van der Waals surface area contributed by atoms with Gasteiger partial charge in [-0.15, -0.1) is 0 Å². The Morgan fingerprint density at radius 1 is 0.958 bits per heavy atom. The lowest BCUT2D eigenvalue weighted by atomic mass is 9.58. The minimum atomic E-state index is -1.19. The molecule has 3 aliphatic rings. The van der Waals surface area contributed by atoms with Gasteiger partial charge in [-0.3, -0.25) is 19.7 Å². The normalized spacial score (nSPS) is 22.7. The van der Waals surface area contributed by atoms with Crippen molar-refractivity contribution in [3.8, 4) is 5.75 Å². The maximum atomic E-state index is 14.0. The first kappa shape index (κ1) is 31.5. The lowest BCUT2D eigenvalue weighted by molar-refractivity contribution is -0.384. The molecule has 2 saturated heterocycles. The number of allylic oxidation sites excluding steroid dienone is 1. The molecule has 0 aromatic heterocycles. The summed E-state index contributed by atoms with van der Waals surface area (Å²) in [5, 5.41) is 45.0. The van der Waals surface area contributed by atoms with E-state index in [1.807, 2.05) is 60.7 Å². The van der Waals surface area contributed by atoms with E-state index in [0.717, 1.165) is 37.9 Å². The molecule has 48 heavy (non-hydrogen) atoms. The van der Waals surface area contributed by atoms with Gasteiger partial charge in [0.2, 0.25) is 11.8 Å². The number of nitro groups is 1. The summed E-state index contributed by atoms with van der Waals surface area (Å²) in [6, 6.07) is 26.5. The number of carbonyl (C=O) groups excluding carboxylic acids is 2. The van der Waals surface area contributed by atoms with Crippen molar-refractivity contribution >= 4 is 52.7 Å². The van der Waals surface area contributed by atoms with Crippen LogP contribution in [0.4, 0.5) is 11.4 Å². The highest BCUT2D eigenvalue weighted by atomic mass is 16.6. The molecule has 2 fully saturated rings. The highest BCUT2D eigenvalue weighted by molar-refractivity contribution is 6.43. The van der Waals surface area contributed by atoms with Crippen LogP contribution in [0.3, 0.4) is 0 Å². The van der Waals surface area contributed by atoms with Crippen LogP contribution in [0, 0.1) is 27.9 Å². The predicted octanol–water partition coefficient (Wildman–Crippen LogP) is 5.77. The molecule has 0 radical (unpaired) electrons. The Morgan fingerprint density at radius 3 is 2.46 bits per heavy atom. The Kier molecular flexibility index (Phi) is 8.42. The second kappa shape index (κ2) is 12.8. The van der Waals surface area contributed by atoms with Crippen molar-refractivity contribution < 1.29 is 34.4 Å². The van der Waals surface area contributed by atoms with E-state index in [9.17, 15) is 34.9 Å². The van der Waals surface area contributed by atoms with Gasteiger partial charge in [-0.2, -0.15) is 0 Å². The molecule has 4 aromatic carbocycles. The fraction of sp³-hybridized carbons (Fsp3) is 0.243. The molecule has 10 nitrogen and oxygen atoms in total. The molecule has 7 rings (SSSR count). The molecule has 2 amide bonds. The van der Waals surface area contributed by atoms with Gasteiger partial charge in [0.05, 0.1) is 35.2 Å². The van der Waals surface area contributed by atoms with Crippen molar-refractivity contribution in [3.63, 3.8) is 0 Å². The van der Waals surface area contributed by atoms with E-state index >= 15 is 0 Å². The van der Waals surface area contributed by atoms with Crippen LogP contribution in [0.15, 0.2) is 102 Å². The van der Waals surface area contributed by atoms with E-state index in [4.69, 9.17) is 4.65 Å². The van der Waals surface area contributed by atoms with Crippen LogP contribution in [-0.2, 0) is 14.2 Å². The Bertz CT molecular complexity index is 1990. The number of hydrogen-bond donors (Lipinski definition) is 3. The van der Waals surface area contributed by atoms with E-state index in [1.54, 1.807) is 6.07 Å². The van der Waals surface area contributed by atoms with Gasteiger partial charge < -0.3 is 19.9 Å². The zero-order chi connectivity index (χ0) is 33.5. The maximum absolute atomic E-state index is 14.0. The number of hydrogen-bond acceptors (Lipinski definition) is 8. The molecule has 11 heteroatoms. The van der Waals surface area contributed by atoms with Crippen molar-refractivity contribution in [3.05, 3.63) is 123 Å². The van der Waals surface area contributed by atoms with Crippen molar-refractivity contribution in [1.82, 2.24) is 0 Å². The number of phenols is 1. The number of phenolic OH excluding ortho intramolecular Hbond substituents is 1. The smallest absolute Gasteiger partial charge is 0.455 e. The number of fused-ring (bicyclic) bond motifs is 4. The quantitative estimate of drug-likeness (QED) is 0.0547. The largest absolute Gasteiger partial charge is 0.507 e. The average molecular weight is 644 g/mol. The molecule has 4 atom stereocenters. The van der Waals surface area contributed by atoms with Crippen LogP contribution < -0.4 is 4.90 Å². The molecule has 0 bridgehead atoms. The van der Waals surface area contributed by atoms with Gasteiger partial charge in [0.1, 0.15) is 5.75 Å². The van der Waals surface area contributed by atoms with Crippen molar-refractivity contribution in [2.45, 2.75) is 31.7 Å². The van der Waals surface area contributed by atoms with E-state index in [0.29, 0.717) is 18.4 Å². The number of benzene rings is 4. The van der Waals surface area contributed by atoms with Crippen LogP contribution >= 0.6 is 0 Å². The lowest BCUT2D eigenvalue weighted by Gasteiger charge is -2.43. The molecule has 4 aromatic rings. The van der Waals surface area contributed by atoms with E-state index in [1.165, 1.54) is 24.3 Å². The third kappa shape index (κ3) is 5.59. The Morgan fingerprint density at radius 2 is 1.71 bits per heavy atom. The number of non-ortho nitro benzene ring substituents is 1. The minimum Gasteiger partial charge on any atom is -0.507 e. The number of rotatable bonds is 8. The summed E-state index contributed by atoms with van der Waals surface area (Å²) >= 11 is 0. The number of anilines is 1. The van der Waals surface area contributed by atoms with E-state index in [-0.39, 0.29) is 36.5 Å². The molecule has 1 aliphatic carbocycles. The number of imide groups is 1. The van der Waals surface area contributed by atoms with Crippen LogP contribution in [0.2, 0.25) is 6.32 Å². The topological polar surface area (TPSA) is 150 Å². The highest BCUT2D eigenvalue weighted by Gasteiger charge is 2.57. The van der Waals surface area contributed by atoms with Crippen LogP contribution in [0.25, 0.3) is 22.4 Å². The number of aliphatic hydroxyl groups excluding tert-OH is 1. The number of amides is 2. The monoisotopic (exact) mass is 644 g/mol. The minimum absolute atomic E-state index is 0.0825. The van der Waals surface area contributed by atoms with E-state index < -0.39 is 47.7 Å². The van der Waals surface area contributed by atoms with Gasteiger partial charge in [-0.1, -0.05) is 72.8 Å². The highest BCUT2D eigenvalue weighted by Crippen LogP contribution is 2.51. The molecule has 3 N–H and O–H groups in total. The first-order valence-corrected chi connectivity index (χ1v) is 16.0. The zero-order valence-corrected chi connectivity index (χ0v) is 25.9. The van der Waals surface area contributed by atoms with Gasteiger partial charge in [-0.05, 0) is 76.9 Å². The summed E-state index contributed by atoms with van der Waals surface area (Å²) in [5.74, 6) is -2.85. The van der Waals surface area contributed by atoms with Crippen molar-refractivity contribution in [2.75, 3.05) is 11.5 Å². The number of aromatic hydroxyl groups is 1. The molecular weight excluding hydrogens is 611 g/mol. The van der Waals surface area contributed by atoms with E-state index in [2.05, 4.69) is 6.08 Å². The summed E-state index contributed by atoms with van der Waals surface area (Å²) < 4.78 is 6.12. The van der Waals surface area contributed by atoms with Crippen LogP contribution in [0.1, 0.15) is 30.4 Å². The predicted molar refractivity (Wildman–Crippen MR) is 182 cm³/mol. The zero-order valence-electron chi connectivity index (χ0n) is 25.9. The summed E-state index contributed by atoms with van der Waals surface area (Å²) in [6.07, 6.45) is 2.64. The Labute approximate surface area is 276 Å². The first-order valence-electron chi connectivity index (χ1n) is 16.0. The van der Waals surface area contributed by atoms with Gasteiger partial charge in [0, 0.05) is 17.5 Å². The number of nitro benzene ring substituents is 1. The Hall–Kier alpha value is -5.10. The number of nitrogens with zero attached hydrogens (tertiary/aromatic N) is 2. The summed E-state index contributed by atoms with van der Waals surface area (Å²) in [5.41, 5.74) is 4.17. The maximum Gasteiger partial charge on any atom is 0.455 e. The van der Waals surface area contributed by atoms with Crippen LogP contribution in [-0.4, -0.2) is 51.8 Å². The molecule has 2 aliphatic heterocycles. The summed E-state index contributed by atoms with van der Waals surface area (Å²) in [4.78, 5) is 39.6. The first-order chi connectivity index (χ1) is 23.2. The van der Waals surface area contributed by atoms with Crippen LogP contribution in [0.5, 0.6) is 5.75 Å². The van der Waals surface area contributed by atoms with Crippen molar-refractivity contribution in [1.29, 1.82) is 0 Å². The third-order valence-corrected chi connectivity index (χ3v) is 9.88. The second-order valence-electron chi connectivity index (χ2n) is 12.6. The second-order valence-corrected chi connectivity index (χ2v) is 12.6. The molecule has 0 spiro atoms. The van der Waals surface area contributed by atoms with Crippen molar-refractivity contribution in [2.24, 2.45) is 17.8 Å². The van der Waals surface area contributed by atoms with Gasteiger partial charge in [0.15, 0.2) is 0 Å². The summed E-state index contributed by atoms with van der Waals surface area (Å²) in [7, 11) is -1.19. The average Bonchev–Trinajstić information content (AvgIpc) is 3.36. The Balaban J connectivity index is 1.22. The lowest BCUT2D eigenvalue weighted by Crippen LogP contribution is -2.46. The van der Waals surface area contributed by atoms with Gasteiger partial charge in [0.25, 0.3) is 5.69 Å². The molecular formula is C37H33BN2O8. The standard InChI is InChI=1S/C37H33BN2O8/c41-21-25-18-30-35(37(44)39(36(30)43)26-9-6-10-27(19-26)40(46)47)31-20-38(45)48-33(34(25)31)16-14-23(22-7-2-1-3-8-22)17-24-13-15-32(42)29-12-5-4-11-28(24)29/h1-13,15,17,19,30-31,33,35,41-42,45H,14,16,18,20-21H2/b23-17-/t30-,31+,33-,35-/m1/s1. The molecule has 0 saturated carbocycles. The number of aliphatic hydroxyl groups is 1. The SMILES string of the molecule is O=C1[C@@H]2[C@@H](CC(CO)=C3[C@@H](CC/C(=C/c4ccc(O)c5ccccc45)c4ccccc4)OB(O)C[C@@H]32)C(=O)N1c1cccc([N+](=O)[O-])c1. The molecule has 2 heterocycles. The summed E-state index contributed by atoms with van der Waals surface area (Å²) in [6.45, 7) is -0.329. The fourth-order valence-corrected chi connectivity index (χ4v) is 7.77. The number of carbonyl (C=O) groups is 2. The molecule has 242 valence electrons.